The van der Waals surface area contributed by atoms with Crippen LogP contribution in [0.3, 0.4) is 0 Å². The molecule has 0 bridgehead atoms. The summed E-state index contributed by atoms with van der Waals surface area (Å²) >= 11 is 1.26. The van der Waals surface area contributed by atoms with Gasteiger partial charge in [-0.1, -0.05) is 30.4 Å². The van der Waals surface area contributed by atoms with Gasteiger partial charge in [-0.2, -0.15) is 0 Å². The highest BCUT2D eigenvalue weighted by Crippen LogP contribution is 2.27. The predicted molar refractivity (Wildman–Crippen MR) is 113 cm³/mol. The maximum atomic E-state index is 12.4. The summed E-state index contributed by atoms with van der Waals surface area (Å²) in [5.74, 6) is 0.0909. The number of nitrogens with zero attached hydrogens (tertiary/aromatic N) is 2. The van der Waals surface area contributed by atoms with Gasteiger partial charge in [0.05, 0.1) is 7.11 Å². The summed E-state index contributed by atoms with van der Waals surface area (Å²) in [6.07, 6.45) is 0.904. The number of carbonyl (C=O) groups is 2. The SMILES string of the molecule is CCc1ccc(C(=O)NC(C)C(=O)Nc2nnc(-c3ccc(OC)cc3)s2)cc1. The Bertz CT molecular complexity index is 984. The van der Waals surface area contributed by atoms with Crippen LogP contribution in [-0.4, -0.2) is 35.2 Å². The molecule has 1 unspecified atom stereocenters. The topological polar surface area (TPSA) is 93.2 Å². The molecule has 3 aromatic rings. The minimum absolute atomic E-state index is 0.300. The van der Waals surface area contributed by atoms with Crippen molar-refractivity contribution in [3.8, 4) is 16.3 Å². The number of anilines is 1. The van der Waals surface area contributed by atoms with Crippen LogP contribution in [0.1, 0.15) is 29.8 Å². The van der Waals surface area contributed by atoms with E-state index in [-0.39, 0.29) is 11.8 Å². The zero-order valence-corrected chi connectivity index (χ0v) is 17.2. The Morgan fingerprint density at radius 3 is 2.38 bits per heavy atom. The van der Waals surface area contributed by atoms with Crippen LogP contribution in [0, 0.1) is 0 Å². The highest BCUT2D eigenvalue weighted by atomic mass is 32.1. The molecule has 29 heavy (non-hydrogen) atoms. The molecule has 2 aromatic carbocycles. The molecule has 0 fully saturated rings. The van der Waals surface area contributed by atoms with E-state index in [9.17, 15) is 9.59 Å². The van der Waals surface area contributed by atoms with Gasteiger partial charge in [0.25, 0.3) is 5.91 Å². The fraction of sp³-hybridized carbons (Fsp3) is 0.238. The molecule has 0 radical (unpaired) electrons. The Kier molecular flexibility index (Phi) is 6.56. The van der Waals surface area contributed by atoms with E-state index in [4.69, 9.17) is 4.74 Å². The quantitative estimate of drug-likeness (QED) is 0.621. The van der Waals surface area contributed by atoms with E-state index in [0.717, 1.165) is 23.3 Å². The van der Waals surface area contributed by atoms with Crippen molar-refractivity contribution in [3.05, 3.63) is 59.7 Å². The Hall–Kier alpha value is -3.26. The fourth-order valence-electron chi connectivity index (χ4n) is 2.57. The molecule has 0 saturated carbocycles. The van der Waals surface area contributed by atoms with Crippen LogP contribution < -0.4 is 15.4 Å². The van der Waals surface area contributed by atoms with Gasteiger partial charge in [-0.25, -0.2) is 0 Å². The highest BCUT2D eigenvalue weighted by molar-refractivity contribution is 7.18. The third kappa shape index (κ3) is 5.17. The van der Waals surface area contributed by atoms with E-state index in [0.29, 0.717) is 15.7 Å². The largest absolute Gasteiger partial charge is 0.497 e. The van der Waals surface area contributed by atoms with Gasteiger partial charge >= 0.3 is 0 Å². The lowest BCUT2D eigenvalue weighted by molar-refractivity contribution is -0.117. The number of hydrogen-bond acceptors (Lipinski definition) is 6. The van der Waals surface area contributed by atoms with Gasteiger partial charge < -0.3 is 10.1 Å². The van der Waals surface area contributed by atoms with Crippen molar-refractivity contribution >= 4 is 28.3 Å². The van der Waals surface area contributed by atoms with Crippen LogP contribution >= 0.6 is 11.3 Å². The molecule has 0 saturated heterocycles. The molecule has 150 valence electrons. The van der Waals surface area contributed by atoms with Crippen molar-refractivity contribution in [3.63, 3.8) is 0 Å². The maximum Gasteiger partial charge on any atom is 0.251 e. The van der Waals surface area contributed by atoms with Crippen LogP contribution in [0.2, 0.25) is 0 Å². The van der Waals surface area contributed by atoms with E-state index < -0.39 is 6.04 Å². The molecule has 0 aliphatic rings. The zero-order chi connectivity index (χ0) is 20.8. The second-order valence-corrected chi connectivity index (χ2v) is 7.35. The summed E-state index contributed by atoms with van der Waals surface area (Å²) in [5, 5.41) is 14.5. The lowest BCUT2D eigenvalue weighted by atomic mass is 10.1. The Morgan fingerprint density at radius 1 is 1.07 bits per heavy atom. The van der Waals surface area contributed by atoms with E-state index in [2.05, 4.69) is 27.8 Å². The Balaban J connectivity index is 1.59. The molecule has 1 heterocycles. The average molecular weight is 410 g/mol. The zero-order valence-electron chi connectivity index (χ0n) is 16.4. The van der Waals surface area contributed by atoms with Crippen molar-refractivity contribution in [2.24, 2.45) is 0 Å². The summed E-state index contributed by atoms with van der Waals surface area (Å²) in [5.41, 5.74) is 2.54. The monoisotopic (exact) mass is 410 g/mol. The molecule has 0 aliphatic carbocycles. The number of hydrogen-bond donors (Lipinski definition) is 2. The van der Waals surface area contributed by atoms with Crippen molar-refractivity contribution < 1.29 is 14.3 Å². The number of aryl methyl sites for hydroxylation is 1. The number of methoxy groups -OCH3 is 1. The van der Waals surface area contributed by atoms with Gasteiger partial charge in [0, 0.05) is 11.1 Å². The molecule has 2 N–H and O–H groups in total. The molecule has 1 aromatic heterocycles. The molecule has 0 spiro atoms. The van der Waals surface area contributed by atoms with E-state index in [1.165, 1.54) is 11.3 Å². The smallest absolute Gasteiger partial charge is 0.251 e. The third-order valence-electron chi connectivity index (χ3n) is 4.36. The first-order chi connectivity index (χ1) is 14.0. The average Bonchev–Trinajstić information content (AvgIpc) is 3.22. The van der Waals surface area contributed by atoms with Gasteiger partial charge in [-0.15, -0.1) is 10.2 Å². The fourth-order valence-corrected chi connectivity index (χ4v) is 3.33. The van der Waals surface area contributed by atoms with Crippen molar-refractivity contribution in [2.75, 3.05) is 12.4 Å². The summed E-state index contributed by atoms with van der Waals surface area (Å²) in [4.78, 5) is 24.7. The van der Waals surface area contributed by atoms with Gasteiger partial charge in [0.1, 0.15) is 16.8 Å². The third-order valence-corrected chi connectivity index (χ3v) is 5.25. The summed E-state index contributed by atoms with van der Waals surface area (Å²) < 4.78 is 5.14. The number of benzene rings is 2. The van der Waals surface area contributed by atoms with Gasteiger partial charge in [-0.05, 0) is 55.3 Å². The van der Waals surface area contributed by atoms with Gasteiger partial charge in [0.15, 0.2) is 0 Å². The van der Waals surface area contributed by atoms with Crippen molar-refractivity contribution in [2.45, 2.75) is 26.3 Å². The molecule has 3 rings (SSSR count). The van der Waals surface area contributed by atoms with E-state index in [1.54, 1.807) is 26.2 Å². The number of amides is 2. The first-order valence-electron chi connectivity index (χ1n) is 9.18. The van der Waals surface area contributed by atoms with Crippen LogP contribution in [0.4, 0.5) is 5.13 Å². The minimum atomic E-state index is -0.721. The Labute approximate surface area is 173 Å². The van der Waals surface area contributed by atoms with Crippen LogP contribution in [0.25, 0.3) is 10.6 Å². The predicted octanol–water partition coefficient (Wildman–Crippen LogP) is 3.53. The number of rotatable bonds is 7. The molecule has 8 heteroatoms. The van der Waals surface area contributed by atoms with E-state index >= 15 is 0 Å². The van der Waals surface area contributed by atoms with Gasteiger partial charge in [0.2, 0.25) is 11.0 Å². The molecule has 7 nitrogen and oxygen atoms in total. The summed E-state index contributed by atoms with van der Waals surface area (Å²) in [6, 6.07) is 14.0. The number of carbonyl (C=O) groups excluding carboxylic acids is 2. The number of ether oxygens (including phenoxy) is 1. The van der Waals surface area contributed by atoms with Gasteiger partial charge in [-0.3, -0.25) is 14.9 Å². The molecule has 2 amide bonds. The van der Waals surface area contributed by atoms with Crippen molar-refractivity contribution in [1.29, 1.82) is 0 Å². The first kappa shape index (κ1) is 20.5. The summed E-state index contributed by atoms with van der Waals surface area (Å²) in [6.45, 7) is 3.67. The Morgan fingerprint density at radius 2 is 1.76 bits per heavy atom. The molecular formula is C21H22N4O3S. The minimum Gasteiger partial charge on any atom is -0.497 e. The second-order valence-electron chi connectivity index (χ2n) is 6.38. The van der Waals surface area contributed by atoms with Crippen LogP contribution in [-0.2, 0) is 11.2 Å². The second kappa shape index (κ2) is 9.29. The van der Waals surface area contributed by atoms with E-state index in [1.807, 2.05) is 36.4 Å². The van der Waals surface area contributed by atoms with Crippen LogP contribution in [0.15, 0.2) is 48.5 Å². The first-order valence-corrected chi connectivity index (χ1v) is 10.0. The molecule has 0 aliphatic heterocycles. The van der Waals surface area contributed by atoms with Crippen molar-refractivity contribution in [1.82, 2.24) is 15.5 Å². The molecule has 1 atom stereocenters. The standard InChI is InChI=1S/C21H22N4O3S/c1-4-14-5-7-15(8-6-14)19(27)22-13(2)18(26)23-21-25-24-20(29-21)16-9-11-17(28-3)12-10-16/h5-13H,4H2,1-3H3,(H,22,27)(H,23,25,26). The highest BCUT2D eigenvalue weighted by Gasteiger charge is 2.18. The lowest BCUT2D eigenvalue weighted by Gasteiger charge is -2.13. The summed E-state index contributed by atoms with van der Waals surface area (Å²) in [7, 11) is 1.60. The number of aromatic nitrogens is 2. The number of nitrogens with one attached hydrogen (secondary N) is 2. The lowest BCUT2D eigenvalue weighted by Crippen LogP contribution is -2.41. The normalized spacial score (nSPS) is 11.6. The maximum absolute atomic E-state index is 12.4. The molecular weight excluding hydrogens is 388 g/mol. The van der Waals surface area contributed by atoms with Crippen LogP contribution in [0.5, 0.6) is 5.75 Å².